The zero-order valence-corrected chi connectivity index (χ0v) is 13.7. The lowest BCUT2D eigenvalue weighted by Crippen LogP contribution is -2.20. The van der Waals surface area contributed by atoms with Gasteiger partial charge in [0.15, 0.2) is 5.13 Å². The summed E-state index contributed by atoms with van der Waals surface area (Å²) in [7, 11) is 0. The number of hydrogen-bond donors (Lipinski definition) is 0. The molecule has 1 aliphatic carbocycles. The van der Waals surface area contributed by atoms with Crippen molar-refractivity contribution in [2.75, 3.05) is 24.6 Å². The summed E-state index contributed by atoms with van der Waals surface area (Å²) in [6.07, 6.45) is 5.69. The average molecular weight is 308 g/mol. The van der Waals surface area contributed by atoms with Crippen LogP contribution in [0.25, 0.3) is 0 Å². The molecular weight excluding hydrogens is 284 g/mol. The van der Waals surface area contributed by atoms with Crippen LogP contribution in [0.3, 0.4) is 0 Å². The summed E-state index contributed by atoms with van der Waals surface area (Å²) in [6.45, 7) is 6.81. The van der Waals surface area contributed by atoms with Crippen LogP contribution < -0.4 is 4.90 Å². The van der Waals surface area contributed by atoms with Crippen LogP contribution in [0.1, 0.15) is 56.0 Å². The quantitative estimate of drug-likeness (QED) is 0.782. The van der Waals surface area contributed by atoms with Crippen molar-refractivity contribution < 1.29 is 9.53 Å². The number of aromatic nitrogens is 1. The highest BCUT2D eigenvalue weighted by Crippen LogP contribution is 2.41. The Labute approximate surface area is 130 Å². The Balaban J connectivity index is 1.71. The highest BCUT2D eigenvalue weighted by atomic mass is 32.1. The number of anilines is 1. The number of aryl methyl sites for hydroxylation is 1. The van der Waals surface area contributed by atoms with Crippen LogP contribution in [0, 0.1) is 5.92 Å². The van der Waals surface area contributed by atoms with Crippen molar-refractivity contribution in [1.29, 1.82) is 0 Å². The third-order valence-electron chi connectivity index (χ3n) is 4.53. The van der Waals surface area contributed by atoms with E-state index in [2.05, 4.69) is 11.8 Å². The van der Waals surface area contributed by atoms with Crippen molar-refractivity contribution in [3.05, 3.63) is 10.6 Å². The molecule has 1 aromatic rings. The fourth-order valence-electron chi connectivity index (χ4n) is 3.47. The van der Waals surface area contributed by atoms with Gasteiger partial charge in [-0.3, -0.25) is 4.79 Å². The lowest BCUT2D eigenvalue weighted by Gasteiger charge is -2.15. The van der Waals surface area contributed by atoms with Gasteiger partial charge in [0.1, 0.15) is 5.92 Å². The Kier molecular flexibility index (Phi) is 4.48. The van der Waals surface area contributed by atoms with E-state index in [1.807, 2.05) is 6.92 Å². The molecule has 0 saturated carbocycles. The zero-order valence-electron chi connectivity index (χ0n) is 12.9. The van der Waals surface area contributed by atoms with Crippen molar-refractivity contribution in [2.45, 2.75) is 51.9 Å². The lowest BCUT2D eigenvalue weighted by molar-refractivity contribution is -0.145. The topological polar surface area (TPSA) is 42.4 Å². The Morgan fingerprint density at radius 1 is 1.43 bits per heavy atom. The van der Waals surface area contributed by atoms with E-state index in [0.717, 1.165) is 42.7 Å². The van der Waals surface area contributed by atoms with Gasteiger partial charge < -0.3 is 9.64 Å². The van der Waals surface area contributed by atoms with Crippen LogP contribution >= 0.6 is 11.3 Å². The number of carbonyl (C=O) groups is 1. The van der Waals surface area contributed by atoms with E-state index in [-0.39, 0.29) is 11.9 Å². The molecule has 1 saturated heterocycles. The molecule has 2 aliphatic rings. The number of hydrogen-bond acceptors (Lipinski definition) is 5. The zero-order chi connectivity index (χ0) is 14.8. The van der Waals surface area contributed by atoms with Gasteiger partial charge in [-0.15, -0.1) is 11.3 Å². The number of rotatable bonds is 5. The normalized spacial score (nSPS) is 24.4. The Morgan fingerprint density at radius 2 is 2.29 bits per heavy atom. The molecule has 0 bridgehead atoms. The average Bonchev–Trinajstić information content (AvgIpc) is 3.12. The molecule has 1 aromatic heterocycles. The smallest absolute Gasteiger partial charge is 0.315 e. The molecular formula is C16H24N2O2S. The molecule has 1 fully saturated rings. The number of nitrogens with zero attached hydrogens (tertiary/aromatic N) is 2. The molecule has 2 unspecified atom stereocenters. The van der Waals surface area contributed by atoms with E-state index in [9.17, 15) is 4.79 Å². The van der Waals surface area contributed by atoms with Gasteiger partial charge in [0.25, 0.3) is 0 Å². The number of esters is 1. The SMILES string of the molecule is CCCC1CCN(c2nc3c(s2)CCC3C(=O)OCC)C1. The van der Waals surface area contributed by atoms with E-state index in [0.29, 0.717) is 6.61 Å². The van der Waals surface area contributed by atoms with Gasteiger partial charge in [0, 0.05) is 18.0 Å². The van der Waals surface area contributed by atoms with Crippen LogP contribution in [0.2, 0.25) is 0 Å². The Hall–Kier alpha value is -1.10. The fraction of sp³-hybridized carbons (Fsp3) is 0.750. The number of ether oxygens (including phenoxy) is 1. The monoisotopic (exact) mass is 308 g/mol. The molecule has 0 amide bonds. The molecule has 2 heterocycles. The molecule has 21 heavy (non-hydrogen) atoms. The molecule has 3 rings (SSSR count). The van der Waals surface area contributed by atoms with Crippen molar-refractivity contribution >= 4 is 22.4 Å². The number of carbonyl (C=O) groups excluding carboxylic acids is 1. The molecule has 116 valence electrons. The first kappa shape index (κ1) is 14.8. The lowest BCUT2D eigenvalue weighted by atomic mass is 10.0. The van der Waals surface area contributed by atoms with Gasteiger partial charge >= 0.3 is 5.97 Å². The number of fused-ring (bicyclic) bond motifs is 1. The Bertz CT molecular complexity index is 514. The van der Waals surface area contributed by atoms with Crippen LogP contribution in [0.5, 0.6) is 0 Å². The summed E-state index contributed by atoms with van der Waals surface area (Å²) in [6, 6.07) is 0. The maximum Gasteiger partial charge on any atom is 0.315 e. The summed E-state index contributed by atoms with van der Waals surface area (Å²) >= 11 is 1.79. The minimum atomic E-state index is -0.126. The molecule has 0 N–H and O–H groups in total. The maximum absolute atomic E-state index is 12.0. The van der Waals surface area contributed by atoms with E-state index in [4.69, 9.17) is 9.72 Å². The van der Waals surface area contributed by atoms with E-state index in [1.54, 1.807) is 11.3 Å². The molecule has 1 aliphatic heterocycles. The minimum absolute atomic E-state index is 0.0987. The van der Waals surface area contributed by atoms with Gasteiger partial charge in [-0.25, -0.2) is 4.98 Å². The highest BCUT2D eigenvalue weighted by molar-refractivity contribution is 7.15. The molecule has 4 nitrogen and oxygen atoms in total. The first-order chi connectivity index (χ1) is 10.2. The first-order valence-electron chi connectivity index (χ1n) is 8.14. The predicted octanol–water partition coefficient (Wildman–Crippen LogP) is 3.36. The van der Waals surface area contributed by atoms with Crippen molar-refractivity contribution in [1.82, 2.24) is 4.98 Å². The summed E-state index contributed by atoms with van der Waals surface area (Å²) in [5.41, 5.74) is 0.993. The van der Waals surface area contributed by atoms with Gasteiger partial charge in [-0.1, -0.05) is 13.3 Å². The van der Waals surface area contributed by atoms with Crippen molar-refractivity contribution in [2.24, 2.45) is 5.92 Å². The summed E-state index contributed by atoms with van der Waals surface area (Å²) < 4.78 is 5.18. The van der Waals surface area contributed by atoms with Gasteiger partial charge in [0.05, 0.1) is 12.3 Å². The van der Waals surface area contributed by atoms with Crippen molar-refractivity contribution in [3.63, 3.8) is 0 Å². The van der Waals surface area contributed by atoms with E-state index >= 15 is 0 Å². The predicted molar refractivity (Wildman–Crippen MR) is 85.0 cm³/mol. The molecule has 0 radical (unpaired) electrons. The first-order valence-corrected chi connectivity index (χ1v) is 8.95. The third-order valence-corrected chi connectivity index (χ3v) is 5.72. The van der Waals surface area contributed by atoms with E-state index < -0.39 is 0 Å². The van der Waals surface area contributed by atoms with Crippen molar-refractivity contribution in [3.8, 4) is 0 Å². The second kappa shape index (κ2) is 6.34. The highest BCUT2D eigenvalue weighted by Gasteiger charge is 2.35. The minimum Gasteiger partial charge on any atom is -0.465 e. The molecule has 0 spiro atoms. The number of thiazole rings is 1. The fourth-order valence-corrected chi connectivity index (χ4v) is 4.64. The van der Waals surface area contributed by atoms with Crippen LogP contribution in [-0.2, 0) is 16.0 Å². The van der Waals surface area contributed by atoms with Gasteiger partial charge in [-0.2, -0.15) is 0 Å². The molecule has 5 heteroatoms. The summed E-state index contributed by atoms with van der Waals surface area (Å²) in [5.74, 6) is 0.590. The molecule has 2 atom stereocenters. The summed E-state index contributed by atoms with van der Waals surface area (Å²) in [5, 5.41) is 1.12. The second-order valence-corrected chi connectivity index (χ2v) is 7.10. The molecule has 0 aromatic carbocycles. The second-order valence-electron chi connectivity index (χ2n) is 6.04. The Morgan fingerprint density at radius 3 is 3.05 bits per heavy atom. The van der Waals surface area contributed by atoms with Crippen LogP contribution in [0.15, 0.2) is 0 Å². The largest absolute Gasteiger partial charge is 0.465 e. The maximum atomic E-state index is 12.0. The van der Waals surface area contributed by atoms with Crippen LogP contribution in [0.4, 0.5) is 5.13 Å². The third kappa shape index (κ3) is 2.93. The standard InChI is InChI=1S/C16H24N2O2S/c1-3-5-11-8-9-18(10-11)16-17-14-12(15(19)20-4-2)6-7-13(14)21-16/h11-12H,3-10H2,1-2H3. The van der Waals surface area contributed by atoms with Gasteiger partial charge in [-0.05, 0) is 38.5 Å². The summed E-state index contributed by atoms with van der Waals surface area (Å²) in [4.78, 5) is 20.5. The van der Waals surface area contributed by atoms with E-state index in [1.165, 1.54) is 24.1 Å². The van der Waals surface area contributed by atoms with Gasteiger partial charge in [0.2, 0.25) is 0 Å². The van der Waals surface area contributed by atoms with Crippen LogP contribution in [-0.4, -0.2) is 30.6 Å².